The number of carbonyl (C=O) groups excluding carboxylic acids is 1. The minimum absolute atomic E-state index is 0.0933. The van der Waals surface area contributed by atoms with Gasteiger partial charge in [0.1, 0.15) is 17.4 Å². The van der Waals surface area contributed by atoms with Crippen LogP contribution in [-0.2, 0) is 4.74 Å². The Hall–Kier alpha value is -2.92. The zero-order chi connectivity index (χ0) is 23.5. The summed E-state index contributed by atoms with van der Waals surface area (Å²) in [6.45, 7) is 5.06. The van der Waals surface area contributed by atoms with Gasteiger partial charge in [-0.25, -0.2) is 4.79 Å². The first kappa shape index (κ1) is 22.9. The third-order valence-electron chi connectivity index (χ3n) is 7.44. The van der Waals surface area contributed by atoms with E-state index in [0.717, 1.165) is 44.5 Å². The van der Waals surface area contributed by atoms with Crippen molar-refractivity contribution < 1.29 is 13.9 Å². The first-order valence-corrected chi connectivity index (χ1v) is 12.7. The summed E-state index contributed by atoms with van der Waals surface area (Å²) >= 11 is 0. The van der Waals surface area contributed by atoms with E-state index in [-0.39, 0.29) is 11.5 Å². The first-order chi connectivity index (χ1) is 16.6. The van der Waals surface area contributed by atoms with Crippen molar-refractivity contribution in [3.05, 3.63) is 69.9 Å². The second kappa shape index (κ2) is 10.1. The predicted octanol–water partition coefficient (Wildman–Crippen LogP) is 5.97. The maximum atomic E-state index is 13.4. The van der Waals surface area contributed by atoms with Crippen LogP contribution in [0.3, 0.4) is 0 Å². The smallest absolute Gasteiger partial charge is 0.342 e. The van der Waals surface area contributed by atoms with E-state index in [2.05, 4.69) is 4.90 Å². The molecule has 2 atom stereocenters. The molecule has 5 rings (SSSR count). The van der Waals surface area contributed by atoms with Gasteiger partial charge in [-0.05, 0) is 64.3 Å². The third kappa shape index (κ3) is 4.67. The Morgan fingerprint density at radius 3 is 2.53 bits per heavy atom. The highest BCUT2D eigenvalue weighted by atomic mass is 16.5. The van der Waals surface area contributed by atoms with Crippen LogP contribution in [0, 0.1) is 12.8 Å². The summed E-state index contributed by atoms with van der Waals surface area (Å²) in [6.07, 6.45) is 8.00. The summed E-state index contributed by atoms with van der Waals surface area (Å²) in [7, 11) is 0. The number of fused-ring (bicyclic) bond motifs is 1. The molecule has 1 aromatic heterocycles. The Morgan fingerprint density at radius 1 is 0.971 bits per heavy atom. The highest BCUT2D eigenvalue weighted by Gasteiger charge is 2.31. The normalized spacial score (nSPS) is 21.4. The standard InChI is InChI=1S/C29H33NO4/c1-20-26(31)23-14-10-15-24(28(23)34-27(20)21-11-4-2-5-12-21)29(32)33-25-16-7-6-13-22(25)19-30-17-8-3-9-18-30/h2,4-5,10-12,14-15,22,25H,3,6-9,13,16-19H2,1H3. The lowest BCUT2D eigenvalue weighted by Crippen LogP contribution is -2.41. The van der Waals surface area contributed by atoms with Crippen LogP contribution in [0.4, 0.5) is 0 Å². The van der Waals surface area contributed by atoms with Crippen LogP contribution in [0.25, 0.3) is 22.3 Å². The van der Waals surface area contributed by atoms with E-state index < -0.39 is 5.97 Å². The summed E-state index contributed by atoms with van der Waals surface area (Å²) in [5.74, 6) is 0.464. The number of esters is 1. The lowest BCUT2D eigenvalue weighted by atomic mass is 9.85. The summed E-state index contributed by atoms with van der Waals surface area (Å²) in [4.78, 5) is 29.1. The van der Waals surface area contributed by atoms with Gasteiger partial charge in [-0.15, -0.1) is 0 Å². The minimum atomic E-state index is -0.396. The molecule has 2 unspecified atom stereocenters. The van der Waals surface area contributed by atoms with Gasteiger partial charge in [0.15, 0.2) is 11.0 Å². The molecule has 178 valence electrons. The van der Waals surface area contributed by atoms with Crippen molar-refractivity contribution in [2.75, 3.05) is 19.6 Å². The average Bonchev–Trinajstić information content (AvgIpc) is 2.88. The van der Waals surface area contributed by atoms with Gasteiger partial charge < -0.3 is 14.1 Å². The van der Waals surface area contributed by atoms with Gasteiger partial charge in [0.25, 0.3) is 0 Å². The lowest BCUT2D eigenvalue weighted by Gasteiger charge is -2.36. The highest BCUT2D eigenvalue weighted by Crippen LogP contribution is 2.31. The topological polar surface area (TPSA) is 59.8 Å². The number of hydrogen-bond acceptors (Lipinski definition) is 5. The van der Waals surface area contributed by atoms with Crippen LogP contribution in [0.15, 0.2) is 57.7 Å². The van der Waals surface area contributed by atoms with Crippen molar-refractivity contribution in [3.8, 4) is 11.3 Å². The minimum Gasteiger partial charge on any atom is -0.458 e. The van der Waals surface area contributed by atoms with Gasteiger partial charge in [-0.2, -0.15) is 0 Å². The van der Waals surface area contributed by atoms with Crippen LogP contribution in [0.5, 0.6) is 0 Å². The van der Waals surface area contributed by atoms with E-state index in [9.17, 15) is 9.59 Å². The predicted molar refractivity (Wildman–Crippen MR) is 134 cm³/mol. The Kier molecular flexibility index (Phi) is 6.82. The van der Waals surface area contributed by atoms with Crippen molar-refractivity contribution in [3.63, 3.8) is 0 Å². The largest absolute Gasteiger partial charge is 0.458 e. The van der Waals surface area contributed by atoms with Crippen molar-refractivity contribution in [1.29, 1.82) is 0 Å². The number of benzene rings is 2. The Balaban J connectivity index is 1.44. The van der Waals surface area contributed by atoms with Crippen LogP contribution >= 0.6 is 0 Å². The van der Waals surface area contributed by atoms with E-state index in [4.69, 9.17) is 9.15 Å². The Bertz CT molecular complexity index is 1210. The van der Waals surface area contributed by atoms with Crippen LogP contribution in [0.2, 0.25) is 0 Å². The molecule has 34 heavy (non-hydrogen) atoms. The van der Waals surface area contributed by atoms with E-state index in [1.807, 2.05) is 30.3 Å². The molecular weight excluding hydrogens is 426 g/mol. The van der Waals surface area contributed by atoms with E-state index in [1.165, 1.54) is 25.7 Å². The molecule has 2 aromatic carbocycles. The molecule has 2 fully saturated rings. The number of nitrogens with zero attached hydrogens (tertiary/aromatic N) is 1. The van der Waals surface area contributed by atoms with Crippen molar-refractivity contribution in [1.82, 2.24) is 4.90 Å². The molecular formula is C29H33NO4. The van der Waals surface area contributed by atoms with Gasteiger partial charge in [0.2, 0.25) is 0 Å². The van der Waals surface area contributed by atoms with Crippen molar-refractivity contribution in [2.45, 2.75) is 58.0 Å². The zero-order valence-electron chi connectivity index (χ0n) is 19.9. The number of piperidine rings is 1. The molecule has 2 aliphatic rings. The molecule has 0 N–H and O–H groups in total. The number of hydrogen-bond donors (Lipinski definition) is 0. The number of rotatable bonds is 5. The number of carbonyl (C=O) groups is 1. The number of para-hydroxylation sites is 1. The Labute approximate surface area is 200 Å². The quantitative estimate of drug-likeness (QED) is 0.440. The summed E-state index contributed by atoms with van der Waals surface area (Å²) in [5.41, 5.74) is 1.88. The molecule has 0 bridgehead atoms. The summed E-state index contributed by atoms with van der Waals surface area (Å²) in [6, 6.07) is 14.7. The summed E-state index contributed by atoms with van der Waals surface area (Å²) < 4.78 is 12.4. The fraction of sp³-hybridized carbons (Fsp3) is 0.448. The number of likely N-dealkylation sites (tertiary alicyclic amines) is 1. The number of ether oxygens (including phenoxy) is 1. The maximum absolute atomic E-state index is 13.4. The molecule has 5 nitrogen and oxygen atoms in total. The monoisotopic (exact) mass is 459 g/mol. The fourth-order valence-corrected chi connectivity index (χ4v) is 5.55. The average molecular weight is 460 g/mol. The van der Waals surface area contributed by atoms with E-state index in [0.29, 0.717) is 33.8 Å². The van der Waals surface area contributed by atoms with E-state index in [1.54, 1.807) is 25.1 Å². The third-order valence-corrected chi connectivity index (χ3v) is 7.44. The molecule has 5 heteroatoms. The fourth-order valence-electron chi connectivity index (χ4n) is 5.55. The molecule has 3 aromatic rings. The molecule has 0 radical (unpaired) electrons. The molecule has 1 aliphatic heterocycles. The van der Waals surface area contributed by atoms with Gasteiger partial charge in [-0.1, -0.05) is 49.2 Å². The highest BCUT2D eigenvalue weighted by molar-refractivity contribution is 6.02. The zero-order valence-corrected chi connectivity index (χ0v) is 19.9. The van der Waals surface area contributed by atoms with E-state index >= 15 is 0 Å². The second-order valence-electron chi connectivity index (χ2n) is 9.78. The molecule has 1 saturated carbocycles. The lowest BCUT2D eigenvalue weighted by molar-refractivity contribution is -0.00719. The van der Waals surface area contributed by atoms with Crippen molar-refractivity contribution in [2.24, 2.45) is 5.92 Å². The summed E-state index contributed by atoms with van der Waals surface area (Å²) in [5, 5.41) is 0.417. The van der Waals surface area contributed by atoms with Gasteiger partial charge in [0.05, 0.1) is 5.39 Å². The first-order valence-electron chi connectivity index (χ1n) is 12.7. The molecule has 2 heterocycles. The Morgan fingerprint density at radius 2 is 1.74 bits per heavy atom. The van der Waals surface area contributed by atoms with Gasteiger partial charge in [0, 0.05) is 23.6 Å². The molecule has 1 aliphatic carbocycles. The SMILES string of the molecule is Cc1c(-c2ccccc2)oc2c(C(=O)OC3CCCCC3CN3CCCCC3)cccc2c1=O. The second-order valence-corrected chi connectivity index (χ2v) is 9.78. The molecule has 1 saturated heterocycles. The van der Waals surface area contributed by atoms with Gasteiger partial charge >= 0.3 is 5.97 Å². The molecule has 0 spiro atoms. The maximum Gasteiger partial charge on any atom is 0.342 e. The van der Waals surface area contributed by atoms with Gasteiger partial charge in [-0.3, -0.25) is 4.79 Å². The van der Waals surface area contributed by atoms with Crippen molar-refractivity contribution >= 4 is 16.9 Å². The van der Waals surface area contributed by atoms with Crippen LogP contribution in [-0.4, -0.2) is 36.6 Å². The van der Waals surface area contributed by atoms with Crippen LogP contribution in [0.1, 0.15) is 60.9 Å². The molecule has 0 amide bonds. The van der Waals surface area contributed by atoms with Crippen LogP contribution < -0.4 is 5.43 Å².